The molecular weight excluding hydrogens is 296 g/mol. The molecule has 0 fully saturated rings. The zero-order valence-corrected chi connectivity index (χ0v) is 13.5. The second-order valence-corrected chi connectivity index (χ2v) is 5.79. The van der Waals surface area contributed by atoms with Gasteiger partial charge in [0.2, 0.25) is 0 Å². The van der Waals surface area contributed by atoms with Crippen LogP contribution in [-0.4, -0.2) is 7.11 Å². The molecule has 0 saturated heterocycles. The van der Waals surface area contributed by atoms with Gasteiger partial charge in [0, 0.05) is 23.1 Å². The highest BCUT2D eigenvalue weighted by atomic mass is 16.5. The SMILES string of the molecule is COc1ccc2c(c1)OC(c1ccccc1)=CC2c1ccccc1. The van der Waals surface area contributed by atoms with Crippen LogP contribution in [-0.2, 0) is 0 Å². The molecule has 3 aromatic carbocycles. The number of methoxy groups -OCH3 is 1. The average Bonchev–Trinajstić information content (AvgIpc) is 2.68. The molecule has 24 heavy (non-hydrogen) atoms. The number of allylic oxidation sites excluding steroid dienone is 1. The van der Waals surface area contributed by atoms with Crippen LogP contribution in [0.15, 0.2) is 84.9 Å². The van der Waals surface area contributed by atoms with Crippen LogP contribution < -0.4 is 9.47 Å². The fraction of sp³-hybridized carbons (Fsp3) is 0.0909. The molecule has 0 amide bonds. The van der Waals surface area contributed by atoms with E-state index in [1.807, 2.05) is 36.4 Å². The molecule has 1 atom stereocenters. The topological polar surface area (TPSA) is 18.5 Å². The number of benzene rings is 3. The van der Waals surface area contributed by atoms with Crippen molar-refractivity contribution < 1.29 is 9.47 Å². The average molecular weight is 314 g/mol. The summed E-state index contributed by atoms with van der Waals surface area (Å²) in [6.45, 7) is 0. The Balaban J connectivity index is 1.85. The van der Waals surface area contributed by atoms with Crippen LogP contribution in [0.25, 0.3) is 5.76 Å². The third-order valence-corrected chi connectivity index (χ3v) is 4.31. The van der Waals surface area contributed by atoms with Gasteiger partial charge in [0.1, 0.15) is 17.3 Å². The van der Waals surface area contributed by atoms with Crippen molar-refractivity contribution in [2.75, 3.05) is 7.11 Å². The molecule has 0 radical (unpaired) electrons. The maximum Gasteiger partial charge on any atom is 0.135 e. The maximum atomic E-state index is 6.19. The van der Waals surface area contributed by atoms with Gasteiger partial charge in [-0.05, 0) is 17.7 Å². The number of rotatable bonds is 3. The van der Waals surface area contributed by atoms with Gasteiger partial charge in [-0.2, -0.15) is 0 Å². The van der Waals surface area contributed by atoms with E-state index in [9.17, 15) is 0 Å². The summed E-state index contributed by atoms with van der Waals surface area (Å²) >= 11 is 0. The lowest BCUT2D eigenvalue weighted by molar-refractivity contribution is 0.409. The van der Waals surface area contributed by atoms with Crippen molar-refractivity contribution in [3.63, 3.8) is 0 Å². The minimum atomic E-state index is 0.163. The molecule has 0 N–H and O–H groups in total. The van der Waals surface area contributed by atoms with Crippen molar-refractivity contribution >= 4 is 5.76 Å². The van der Waals surface area contributed by atoms with Crippen LogP contribution in [0.1, 0.15) is 22.6 Å². The Hall–Kier alpha value is -3.00. The fourth-order valence-corrected chi connectivity index (χ4v) is 3.07. The highest BCUT2D eigenvalue weighted by molar-refractivity contribution is 5.68. The molecule has 0 aliphatic carbocycles. The van der Waals surface area contributed by atoms with E-state index in [1.165, 1.54) is 5.56 Å². The predicted octanol–water partition coefficient (Wildman–Crippen LogP) is 5.26. The Bertz CT molecular complexity index is 867. The van der Waals surface area contributed by atoms with Crippen molar-refractivity contribution in [1.29, 1.82) is 0 Å². The van der Waals surface area contributed by atoms with Crippen LogP contribution in [0.2, 0.25) is 0 Å². The van der Waals surface area contributed by atoms with E-state index >= 15 is 0 Å². The standard InChI is InChI=1S/C22H18O2/c1-23-18-12-13-19-20(16-8-4-2-5-9-16)15-21(24-22(19)14-18)17-10-6-3-7-11-17/h2-15,20H,1H3. The van der Waals surface area contributed by atoms with Gasteiger partial charge in [0.05, 0.1) is 7.11 Å². The molecule has 0 aromatic heterocycles. The second kappa shape index (κ2) is 6.25. The summed E-state index contributed by atoms with van der Waals surface area (Å²) in [5.74, 6) is 2.70. The summed E-state index contributed by atoms with van der Waals surface area (Å²) < 4.78 is 11.6. The van der Waals surface area contributed by atoms with Gasteiger partial charge >= 0.3 is 0 Å². The Morgan fingerprint density at radius 1 is 0.833 bits per heavy atom. The monoisotopic (exact) mass is 314 g/mol. The summed E-state index contributed by atoms with van der Waals surface area (Å²) in [4.78, 5) is 0. The quantitative estimate of drug-likeness (QED) is 0.656. The summed E-state index contributed by atoms with van der Waals surface area (Å²) in [6.07, 6.45) is 2.19. The van der Waals surface area contributed by atoms with Crippen LogP contribution >= 0.6 is 0 Å². The maximum absolute atomic E-state index is 6.19. The van der Waals surface area contributed by atoms with Crippen molar-refractivity contribution in [3.8, 4) is 11.5 Å². The molecule has 118 valence electrons. The van der Waals surface area contributed by atoms with E-state index in [-0.39, 0.29) is 5.92 Å². The van der Waals surface area contributed by atoms with E-state index < -0.39 is 0 Å². The van der Waals surface area contributed by atoms with E-state index in [1.54, 1.807) is 7.11 Å². The smallest absolute Gasteiger partial charge is 0.135 e. The predicted molar refractivity (Wildman–Crippen MR) is 96.3 cm³/mol. The lowest BCUT2D eigenvalue weighted by Gasteiger charge is -2.26. The van der Waals surface area contributed by atoms with Crippen molar-refractivity contribution in [1.82, 2.24) is 0 Å². The number of hydrogen-bond acceptors (Lipinski definition) is 2. The lowest BCUT2D eigenvalue weighted by atomic mass is 9.87. The fourth-order valence-electron chi connectivity index (χ4n) is 3.07. The molecule has 4 rings (SSSR count). The Morgan fingerprint density at radius 2 is 1.54 bits per heavy atom. The van der Waals surface area contributed by atoms with Gasteiger partial charge in [-0.1, -0.05) is 66.7 Å². The van der Waals surface area contributed by atoms with Crippen LogP contribution in [0, 0.1) is 0 Å². The van der Waals surface area contributed by atoms with Crippen molar-refractivity contribution in [2.24, 2.45) is 0 Å². The van der Waals surface area contributed by atoms with E-state index in [2.05, 4.69) is 48.5 Å². The zero-order valence-electron chi connectivity index (χ0n) is 13.5. The molecule has 1 heterocycles. The van der Waals surface area contributed by atoms with Crippen LogP contribution in [0.4, 0.5) is 0 Å². The molecule has 0 saturated carbocycles. The first-order chi connectivity index (χ1) is 11.8. The minimum absolute atomic E-state index is 0.163. The number of fused-ring (bicyclic) bond motifs is 1. The van der Waals surface area contributed by atoms with Crippen LogP contribution in [0.5, 0.6) is 11.5 Å². The van der Waals surface area contributed by atoms with Gasteiger partial charge in [-0.3, -0.25) is 0 Å². The lowest BCUT2D eigenvalue weighted by Crippen LogP contribution is -2.10. The minimum Gasteiger partial charge on any atom is -0.497 e. The number of hydrogen-bond donors (Lipinski definition) is 0. The molecule has 2 heteroatoms. The molecule has 1 aliphatic heterocycles. The van der Waals surface area contributed by atoms with Crippen molar-refractivity contribution in [2.45, 2.75) is 5.92 Å². The van der Waals surface area contributed by atoms with Crippen LogP contribution in [0.3, 0.4) is 0 Å². The van der Waals surface area contributed by atoms with E-state index in [0.717, 1.165) is 28.4 Å². The van der Waals surface area contributed by atoms with Gasteiger partial charge in [0.15, 0.2) is 0 Å². The van der Waals surface area contributed by atoms with Gasteiger partial charge < -0.3 is 9.47 Å². The molecule has 1 unspecified atom stereocenters. The first kappa shape index (κ1) is 14.6. The molecular formula is C22H18O2. The van der Waals surface area contributed by atoms with Gasteiger partial charge in [-0.25, -0.2) is 0 Å². The molecule has 3 aromatic rings. The van der Waals surface area contributed by atoms with E-state index in [4.69, 9.17) is 9.47 Å². The Kier molecular flexibility index (Phi) is 3.80. The normalized spacial score (nSPS) is 15.9. The highest BCUT2D eigenvalue weighted by Gasteiger charge is 2.24. The third kappa shape index (κ3) is 2.67. The van der Waals surface area contributed by atoms with Gasteiger partial charge in [-0.15, -0.1) is 0 Å². The Morgan fingerprint density at radius 3 is 2.25 bits per heavy atom. The first-order valence-electron chi connectivity index (χ1n) is 8.03. The Labute approximate surface area is 142 Å². The summed E-state index contributed by atoms with van der Waals surface area (Å²) in [6, 6.07) is 26.7. The van der Waals surface area contributed by atoms with E-state index in [0.29, 0.717) is 0 Å². The number of ether oxygens (including phenoxy) is 2. The van der Waals surface area contributed by atoms with Gasteiger partial charge in [0.25, 0.3) is 0 Å². The molecule has 1 aliphatic rings. The third-order valence-electron chi connectivity index (χ3n) is 4.31. The largest absolute Gasteiger partial charge is 0.497 e. The molecule has 2 nitrogen and oxygen atoms in total. The summed E-state index contributed by atoms with van der Waals surface area (Å²) in [7, 11) is 1.67. The summed E-state index contributed by atoms with van der Waals surface area (Å²) in [5.41, 5.74) is 3.48. The summed E-state index contributed by atoms with van der Waals surface area (Å²) in [5, 5.41) is 0. The first-order valence-corrected chi connectivity index (χ1v) is 8.03. The highest BCUT2D eigenvalue weighted by Crippen LogP contribution is 2.42. The molecule has 0 bridgehead atoms. The van der Waals surface area contributed by atoms with Crippen molar-refractivity contribution in [3.05, 3.63) is 102 Å². The second-order valence-electron chi connectivity index (χ2n) is 5.79. The zero-order chi connectivity index (χ0) is 16.4. The molecule has 0 spiro atoms.